The number of thiazole rings is 1. The second-order valence-corrected chi connectivity index (χ2v) is 21.2. The number of aryl methyl sites for hydroxylation is 1. The first-order chi connectivity index (χ1) is 23.7. The van der Waals surface area contributed by atoms with E-state index in [1.54, 1.807) is 12.1 Å². The lowest BCUT2D eigenvalue weighted by Gasteiger charge is -2.47. The first kappa shape index (κ1) is 36.4. The van der Waals surface area contributed by atoms with Crippen LogP contribution in [0.1, 0.15) is 71.9 Å². The Balaban J connectivity index is 1.08. The van der Waals surface area contributed by atoms with Crippen LogP contribution in [-0.4, -0.2) is 84.0 Å². The van der Waals surface area contributed by atoms with Gasteiger partial charge in [0.15, 0.2) is 8.32 Å². The molecule has 4 aromatic rings. The molecule has 50 heavy (non-hydrogen) atoms. The van der Waals surface area contributed by atoms with Gasteiger partial charge in [0.05, 0.1) is 35.4 Å². The van der Waals surface area contributed by atoms with Crippen LogP contribution in [0.2, 0.25) is 18.1 Å². The molecule has 1 amide bonds. The summed E-state index contributed by atoms with van der Waals surface area (Å²) < 4.78 is 13.3. The fraction of sp³-hybridized carbons (Fsp3) is 0.500. The first-order valence-corrected chi connectivity index (χ1v) is 21.4. The average Bonchev–Trinajstić information content (AvgIpc) is 3.51. The Morgan fingerprint density at radius 3 is 2.62 bits per heavy atom. The van der Waals surface area contributed by atoms with E-state index in [-0.39, 0.29) is 34.0 Å². The topological polar surface area (TPSA) is 120 Å². The van der Waals surface area contributed by atoms with E-state index in [1.807, 2.05) is 23.3 Å². The summed E-state index contributed by atoms with van der Waals surface area (Å²) >= 11 is 1.51. The molecule has 268 valence electrons. The smallest absolute Gasteiger partial charge is 0.273 e. The summed E-state index contributed by atoms with van der Waals surface area (Å²) in [6, 6.07) is 15.6. The maximum absolute atomic E-state index is 13.1. The number of aromatic hydroxyl groups is 1. The number of aromatic amines is 1. The van der Waals surface area contributed by atoms with Crippen LogP contribution in [0.5, 0.6) is 5.75 Å². The molecule has 2 saturated heterocycles. The lowest BCUT2D eigenvalue weighted by atomic mass is 9.89. The van der Waals surface area contributed by atoms with Crippen molar-refractivity contribution in [3.63, 3.8) is 0 Å². The zero-order valence-electron chi connectivity index (χ0n) is 30.2. The molecule has 2 fully saturated rings. The molecule has 6 rings (SSSR count). The number of hydrogen-bond acceptors (Lipinski definition) is 9. The lowest BCUT2D eigenvalue weighted by molar-refractivity contribution is -0.128. The molecule has 1 atom stereocenters. The molecule has 1 spiro atoms. The molecule has 2 aromatic heterocycles. The maximum Gasteiger partial charge on any atom is 0.273 e. The van der Waals surface area contributed by atoms with Gasteiger partial charge < -0.3 is 29.5 Å². The van der Waals surface area contributed by atoms with Gasteiger partial charge in [-0.25, -0.2) is 4.98 Å². The summed E-state index contributed by atoms with van der Waals surface area (Å²) in [5, 5.41) is 17.7. The summed E-state index contributed by atoms with van der Waals surface area (Å²) in [6.07, 6.45) is 1.51. The fourth-order valence-corrected chi connectivity index (χ4v) is 8.66. The molecule has 4 heterocycles. The third-order valence-electron chi connectivity index (χ3n) is 10.7. The van der Waals surface area contributed by atoms with Gasteiger partial charge in [-0.15, -0.1) is 11.3 Å². The quantitative estimate of drug-likeness (QED) is 0.162. The van der Waals surface area contributed by atoms with Crippen molar-refractivity contribution in [1.82, 2.24) is 25.1 Å². The number of ether oxygens (including phenoxy) is 1. The van der Waals surface area contributed by atoms with Crippen LogP contribution in [0.4, 0.5) is 0 Å². The number of piperidine rings is 1. The number of likely N-dealkylation sites (tertiary alicyclic amines) is 1. The molecule has 10 nitrogen and oxygen atoms in total. The van der Waals surface area contributed by atoms with Crippen LogP contribution in [0, 0.1) is 6.92 Å². The van der Waals surface area contributed by atoms with Gasteiger partial charge in [0.2, 0.25) is 5.56 Å². The van der Waals surface area contributed by atoms with Crippen LogP contribution in [0.15, 0.2) is 58.7 Å². The van der Waals surface area contributed by atoms with Crippen molar-refractivity contribution >= 4 is 36.5 Å². The number of phenols is 1. The van der Waals surface area contributed by atoms with E-state index >= 15 is 0 Å². The van der Waals surface area contributed by atoms with Crippen LogP contribution < -0.4 is 10.9 Å². The summed E-state index contributed by atoms with van der Waals surface area (Å²) in [7, 11) is -2.18. The zero-order chi connectivity index (χ0) is 35.7. The molecular formula is C38H51N5O5SSi. The minimum atomic E-state index is -2.18. The minimum absolute atomic E-state index is 0.00934. The van der Waals surface area contributed by atoms with Crippen molar-refractivity contribution in [2.24, 2.45) is 0 Å². The fourth-order valence-electron chi connectivity index (χ4n) is 6.79. The number of carbonyl (C=O) groups is 1. The van der Waals surface area contributed by atoms with Crippen molar-refractivity contribution in [3.8, 4) is 5.75 Å². The van der Waals surface area contributed by atoms with E-state index in [9.17, 15) is 14.7 Å². The second-order valence-electron chi connectivity index (χ2n) is 15.4. The maximum atomic E-state index is 13.1. The Morgan fingerprint density at radius 2 is 1.90 bits per heavy atom. The number of carbonyl (C=O) groups excluding carboxylic acids is 1. The number of hydrogen-bond donors (Lipinski definition) is 3. The highest BCUT2D eigenvalue weighted by atomic mass is 32.1. The number of amides is 1. The summed E-state index contributed by atoms with van der Waals surface area (Å²) in [4.78, 5) is 36.8. The van der Waals surface area contributed by atoms with Crippen molar-refractivity contribution in [2.45, 2.75) is 83.5 Å². The van der Waals surface area contributed by atoms with Crippen LogP contribution in [-0.2, 0) is 22.3 Å². The van der Waals surface area contributed by atoms with Crippen molar-refractivity contribution in [2.75, 3.05) is 39.3 Å². The number of pyridine rings is 1. The van der Waals surface area contributed by atoms with Gasteiger partial charge >= 0.3 is 0 Å². The number of rotatable bonds is 10. The largest absolute Gasteiger partial charge is 0.506 e. The number of nitrogens with zero attached hydrogens (tertiary/aromatic N) is 3. The molecule has 0 saturated carbocycles. The summed E-state index contributed by atoms with van der Waals surface area (Å²) in [5.74, 6) is 0.0572. The van der Waals surface area contributed by atoms with Gasteiger partial charge in [0.1, 0.15) is 11.4 Å². The van der Waals surface area contributed by atoms with Gasteiger partial charge in [-0.3, -0.25) is 14.5 Å². The van der Waals surface area contributed by atoms with E-state index in [1.165, 1.54) is 28.5 Å². The number of morpholine rings is 1. The molecule has 0 aliphatic carbocycles. The molecule has 0 radical (unpaired) electrons. The third kappa shape index (κ3) is 8.22. The van der Waals surface area contributed by atoms with Gasteiger partial charge in [-0.2, -0.15) is 0 Å². The standard InChI is InChI=1S/C38H51N5O5SSi/c1-26-40-31(24-49-26)36(46)43-18-19-47-38(25-43)14-16-42(17-15-38)23-28-9-7-8-27(20-28)21-39-22-33(48-50(5,6)37(2,3)4)29-10-12-32(44)35-30(29)11-13-34(45)41-35/h7-13,20,24,33,39,44H,14-19,21-23,25H2,1-6H3,(H,41,45). The second kappa shape index (κ2) is 14.7. The highest BCUT2D eigenvalue weighted by molar-refractivity contribution is 7.09. The normalized spacial score (nSPS) is 17.8. The van der Waals surface area contributed by atoms with E-state index in [2.05, 4.69) is 78.3 Å². The molecule has 1 unspecified atom stereocenters. The minimum Gasteiger partial charge on any atom is -0.506 e. The lowest BCUT2D eigenvalue weighted by Crippen LogP contribution is -2.58. The van der Waals surface area contributed by atoms with E-state index in [0.717, 1.165) is 48.4 Å². The summed E-state index contributed by atoms with van der Waals surface area (Å²) in [6.45, 7) is 18.8. The number of H-pyrrole nitrogens is 1. The van der Waals surface area contributed by atoms with E-state index < -0.39 is 8.32 Å². The number of benzene rings is 2. The van der Waals surface area contributed by atoms with Crippen LogP contribution in [0.3, 0.4) is 0 Å². The van der Waals surface area contributed by atoms with Crippen molar-refractivity contribution in [3.05, 3.63) is 91.7 Å². The predicted molar refractivity (Wildman–Crippen MR) is 201 cm³/mol. The zero-order valence-corrected chi connectivity index (χ0v) is 32.0. The number of nitrogens with one attached hydrogen (secondary N) is 2. The molecule has 0 bridgehead atoms. The van der Waals surface area contributed by atoms with Gasteiger partial charge in [0, 0.05) is 56.1 Å². The Bertz CT molecular complexity index is 1880. The van der Waals surface area contributed by atoms with E-state index in [4.69, 9.17) is 9.16 Å². The first-order valence-electron chi connectivity index (χ1n) is 17.6. The SMILES string of the molecule is Cc1nc(C(=O)N2CCOC3(CCN(Cc4cccc(CNCC(O[Si](C)(C)C(C)(C)C)c5ccc(O)c6[nH]c(=O)ccc56)c4)CC3)C2)cs1. The van der Waals surface area contributed by atoms with Crippen LogP contribution in [0.25, 0.3) is 10.9 Å². The molecule has 12 heteroatoms. The monoisotopic (exact) mass is 717 g/mol. The third-order valence-corrected chi connectivity index (χ3v) is 16.0. The van der Waals surface area contributed by atoms with Crippen molar-refractivity contribution in [1.29, 1.82) is 0 Å². The Hall–Kier alpha value is -3.39. The Labute approximate surface area is 300 Å². The number of phenolic OH excluding ortho intramolecular Hbond substituents is 1. The van der Waals surface area contributed by atoms with E-state index in [0.29, 0.717) is 44.0 Å². The molecule has 2 aliphatic heterocycles. The molecule has 2 aromatic carbocycles. The molecule has 2 aliphatic rings. The van der Waals surface area contributed by atoms with Crippen molar-refractivity contribution < 1.29 is 19.1 Å². The highest BCUT2D eigenvalue weighted by Crippen LogP contribution is 2.41. The van der Waals surface area contributed by atoms with Gasteiger partial charge in [-0.05, 0) is 66.7 Å². The number of fused-ring (bicyclic) bond motifs is 1. The average molecular weight is 718 g/mol. The summed E-state index contributed by atoms with van der Waals surface area (Å²) in [5.41, 5.74) is 3.84. The van der Waals surface area contributed by atoms with Crippen LogP contribution >= 0.6 is 11.3 Å². The number of aromatic nitrogens is 2. The molecule has 3 N–H and O–H groups in total. The highest BCUT2D eigenvalue weighted by Gasteiger charge is 2.42. The van der Waals surface area contributed by atoms with Gasteiger partial charge in [-0.1, -0.05) is 51.1 Å². The Morgan fingerprint density at radius 1 is 1.14 bits per heavy atom. The van der Waals surface area contributed by atoms with Gasteiger partial charge in [0.25, 0.3) is 5.91 Å². The predicted octanol–water partition coefficient (Wildman–Crippen LogP) is 6.36. The molecular weight excluding hydrogens is 667 g/mol. The Kier molecular flexibility index (Phi) is 10.7.